The van der Waals surface area contributed by atoms with Gasteiger partial charge in [0, 0.05) is 0 Å². The van der Waals surface area contributed by atoms with Crippen molar-refractivity contribution in [2.24, 2.45) is 10.8 Å². The zero-order valence-corrected chi connectivity index (χ0v) is 23.8. The number of hydrogen-bond donors (Lipinski definition) is 3. The van der Waals surface area contributed by atoms with Crippen molar-refractivity contribution in [1.29, 1.82) is 0 Å². The molecule has 0 radical (unpaired) electrons. The van der Waals surface area contributed by atoms with Gasteiger partial charge in [-0.15, -0.1) is 0 Å². The molecule has 0 fully saturated rings. The Kier molecular flexibility index (Phi) is 10.1. The molecule has 2 unspecified atom stereocenters. The van der Waals surface area contributed by atoms with Crippen molar-refractivity contribution >= 4 is 33.0 Å². The lowest BCUT2D eigenvalue weighted by molar-refractivity contribution is -0.219. The summed E-state index contributed by atoms with van der Waals surface area (Å²) in [5, 5.41) is 12.6. The summed E-state index contributed by atoms with van der Waals surface area (Å²) < 4.78 is 97.6. The molecule has 3 N–H and O–H groups in total. The molecule has 43 heavy (non-hydrogen) atoms. The maximum absolute atomic E-state index is 14.3. The summed E-state index contributed by atoms with van der Waals surface area (Å²) in [5.41, 5.74) is -8.10. The number of aliphatic carboxylic acids is 2. The third-order valence-electron chi connectivity index (χ3n) is 6.83. The van der Waals surface area contributed by atoms with Crippen LogP contribution in [0.4, 0.5) is 22.0 Å². The smallest absolute Gasteiger partial charge is 0.390 e. The van der Waals surface area contributed by atoms with Gasteiger partial charge in [0.05, 0.1) is 17.3 Å². The lowest BCUT2D eigenvalue weighted by atomic mass is 9.56. The molecule has 0 aromatic heterocycles. The Bertz CT molecular complexity index is 1460. The normalized spacial score (nSPS) is 20.6. The molecule has 0 amide bonds. The van der Waals surface area contributed by atoms with Crippen LogP contribution in [0.25, 0.3) is 0 Å². The van der Waals surface area contributed by atoms with Crippen LogP contribution >= 0.6 is 0 Å². The van der Waals surface area contributed by atoms with Crippen LogP contribution < -0.4 is 0 Å². The molecular formula is C29H26F5O7S2+. The highest BCUT2D eigenvalue weighted by molar-refractivity contribution is 7.97. The second kappa shape index (κ2) is 12.9. The Labute approximate surface area is 246 Å². The third-order valence-corrected chi connectivity index (χ3v) is 10.1. The fourth-order valence-electron chi connectivity index (χ4n) is 4.93. The molecule has 0 bridgehead atoms. The van der Waals surface area contributed by atoms with Crippen LogP contribution in [0, 0.1) is 10.8 Å². The van der Waals surface area contributed by atoms with Crippen LogP contribution in [0.5, 0.6) is 0 Å². The molecule has 14 heteroatoms. The second-order valence-electron chi connectivity index (χ2n) is 9.46. The van der Waals surface area contributed by atoms with Gasteiger partial charge in [-0.1, -0.05) is 66.7 Å². The molecule has 0 saturated carbocycles. The Morgan fingerprint density at radius 1 is 0.744 bits per heavy atom. The fraction of sp³-hybridized carbons (Fsp3) is 0.241. The Morgan fingerprint density at radius 3 is 1.44 bits per heavy atom. The van der Waals surface area contributed by atoms with Crippen LogP contribution in [0.3, 0.4) is 0 Å². The van der Waals surface area contributed by atoms with Gasteiger partial charge in [-0.05, 0) is 49.2 Å². The zero-order valence-electron chi connectivity index (χ0n) is 22.1. The van der Waals surface area contributed by atoms with E-state index in [1.54, 1.807) is 0 Å². The monoisotopic (exact) mass is 645 g/mol. The highest BCUT2D eigenvalue weighted by atomic mass is 32.2. The standard InChI is InChI=1S/C18H15S.C11H11F5O7S/c1-4-10-16(11-5-1)19(17-12-6-2-7-13-17)18-14-8-3-9-15-18;12-10(13,14)5-8(6(17)18)3-1-2-4-9(8,7(19)20)11(15,16)24(21,22)23/h1-15H;1,3H,2,4-5H2,(H,17,18)(H,19,20)(H,21,22,23)/q+1;. The van der Waals surface area contributed by atoms with Gasteiger partial charge < -0.3 is 10.2 Å². The molecule has 3 aromatic rings. The van der Waals surface area contributed by atoms with Gasteiger partial charge >= 0.3 is 33.5 Å². The molecule has 0 heterocycles. The van der Waals surface area contributed by atoms with Crippen molar-refractivity contribution in [2.45, 2.75) is 45.4 Å². The summed E-state index contributed by atoms with van der Waals surface area (Å²) in [6, 6.07) is 32.2. The van der Waals surface area contributed by atoms with E-state index in [0.29, 0.717) is 0 Å². The van der Waals surface area contributed by atoms with E-state index in [1.807, 2.05) is 0 Å². The van der Waals surface area contributed by atoms with Gasteiger partial charge in [0.25, 0.3) is 0 Å². The maximum Gasteiger partial charge on any atom is 0.390 e. The number of rotatable bonds is 8. The first kappa shape index (κ1) is 33.7. The molecule has 1 aliphatic carbocycles. The summed E-state index contributed by atoms with van der Waals surface area (Å²) in [6.07, 6.45) is -9.24. The van der Waals surface area contributed by atoms with Crippen LogP contribution in [0.2, 0.25) is 0 Å². The molecule has 1 aliphatic rings. The van der Waals surface area contributed by atoms with Crippen molar-refractivity contribution in [1.82, 2.24) is 0 Å². The fourth-order valence-corrected chi connectivity index (χ4v) is 7.85. The Hall–Kier alpha value is -3.75. The lowest BCUT2D eigenvalue weighted by Crippen LogP contribution is -2.65. The van der Waals surface area contributed by atoms with Crippen LogP contribution in [0.15, 0.2) is 118 Å². The predicted octanol–water partition coefficient (Wildman–Crippen LogP) is 6.69. The minimum absolute atomic E-state index is 0.0146. The van der Waals surface area contributed by atoms with Gasteiger partial charge in [-0.25, -0.2) is 0 Å². The van der Waals surface area contributed by atoms with E-state index >= 15 is 0 Å². The van der Waals surface area contributed by atoms with E-state index in [4.69, 9.17) is 14.8 Å². The molecule has 0 aliphatic heterocycles. The first-order valence-corrected chi connectivity index (χ1v) is 15.1. The van der Waals surface area contributed by atoms with Gasteiger partial charge in [-0.2, -0.15) is 30.4 Å². The largest absolute Gasteiger partial charge is 0.481 e. The minimum Gasteiger partial charge on any atom is -0.481 e. The highest BCUT2D eigenvalue weighted by Crippen LogP contribution is 2.61. The lowest BCUT2D eigenvalue weighted by Gasteiger charge is -2.47. The van der Waals surface area contributed by atoms with E-state index in [2.05, 4.69) is 91.0 Å². The summed E-state index contributed by atoms with van der Waals surface area (Å²) >= 11 is 0. The van der Waals surface area contributed by atoms with E-state index in [0.717, 1.165) is 6.08 Å². The molecule has 3 aromatic carbocycles. The van der Waals surface area contributed by atoms with Crippen LogP contribution in [-0.4, -0.2) is 46.6 Å². The van der Waals surface area contributed by atoms with Crippen LogP contribution in [0.1, 0.15) is 19.3 Å². The third kappa shape index (κ3) is 6.76. The molecule has 4 rings (SSSR count). The van der Waals surface area contributed by atoms with Crippen molar-refractivity contribution in [3.63, 3.8) is 0 Å². The number of carboxylic acid groups (broad SMARTS) is 2. The van der Waals surface area contributed by atoms with E-state index in [1.165, 1.54) is 14.7 Å². The minimum atomic E-state index is -6.54. The maximum atomic E-state index is 14.3. The van der Waals surface area contributed by atoms with Gasteiger partial charge in [0.2, 0.25) is 0 Å². The number of halogens is 5. The topological polar surface area (TPSA) is 129 Å². The van der Waals surface area contributed by atoms with Gasteiger partial charge in [0.15, 0.2) is 20.1 Å². The summed E-state index contributed by atoms with van der Waals surface area (Å²) in [5.74, 6) is -5.40. The number of hydrogen-bond acceptors (Lipinski definition) is 4. The molecule has 0 saturated heterocycles. The zero-order chi connectivity index (χ0) is 32.1. The number of benzene rings is 3. The van der Waals surface area contributed by atoms with Gasteiger partial charge in [-0.3, -0.25) is 14.1 Å². The van der Waals surface area contributed by atoms with Crippen molar-refractivity contribution < 1.29 is 54.7 Å². The average Bonchev–Trinajstić information content (AvgIpc) is 2.94. The molecule has 2 atom stereocenters. The summed E-state index contributed by atoms with van der Waals surface area (Å²) in [6.45, 7) is 0. The number of allylic oxidation sites excluding steroid dienone is 1. The second-order valence-corrected chi connectivity index (χ2v) is 12.9. The Balaban J connectivity index is 0.000000241. The van der Waals surface area contributed by atoms with Crippen molar-refractivity contribution in [3.05, 3.63) is 103 Å². The van der Waals surface area contributed by atoms with Gasteiger partial charge in [0.1, 0.15) is 5.41 Å². The van der Waals surface area contributed by atoms with E-state index in [9.17, 15) is 40.0 Å². The molecular weight excluding hydrogens is 619 g/mol. The number of carboxylic acids is 2. The van der Waals surface area contributed by atoms with Crippen molar-refractivity contribution in [3.8, 4) is 0 Å². The summed E-state index contributed by atoms with van der Waals surface area (Å²) in [4.78, 5) is 27.0. The summed E-state index contributed by atoms with van der Waals surface area (Å²) in [7, 11) is -6.56. The van der Waals surface area contributed by atoms with Crippen LogP contribution in [-0.2, 0) is 30.6 Å². The molecule has 230 valence electrons. The number of alkyl halides is 5. The number of carbonyl (C=O) groups is 2. The average molecular weight is 646 g/mol. The first-order chi connectivity index (χ1) is 20.0. The Morgan fingerprint density at radius 2 is 1.14 bits per heavy atom. The highest BCUT2D eigenvalue weighted by Gasteiger charge is 2.79. The quantitative estimate of drug-likeness (QED) is 0.108. The first-order valence-electron chi connectivity index (χ1n) is 12.5. The van der Waals surface area contributed by atoms with Crippen molar-refractivity contribution in [2.75, 3.05) is 0 Å². The molecule has 7 nitrogen and oxygen atoms in total. The SMILES string of the molecule is O=C(O)C1(CC(F)(F)F)C=CCCC1(C(=O)O)C(F)(F)S(=O)(=O)O.c1ccc([S+](c2ccccc2)c2ccccc2)cc1. The predicted molar refractivity (Wildman–Crippen MR) is 147 cm³/mol. The van der Waals surface area contributed by atoms with E-state index in [-0.39, 0.29) is 17.0 Å². The molecule has 0 spiro atoms. The van der Waals surface area contributed by atoms with E-state index < -0.39 is 63.6 Å².